The summed E-state index contributed by atoms with van der Waals surface area (Å²) < 4.78 is 19.7. The molecule has 1 aliphatic heterocycles. The maximum absolute atomic E-state index is 10.7. The van der Waals surface area contributed by atoms with E-state index in [1.165, 1.54) is 69.2 Å². The molecule has 1 aromatic rings. The Morgan fingerprint density at radius 3 is 2.24 bits per heavy atom. The minimum Gasteiger partial charge on any atom is -0.475 e. The predicted octanol–water partition coefficient (Wildman–Crippen LogP) is 5.10. The van der Waals surface area contributed by atoms with Gasteiger partial charge in [-0.15, -0.1) is 4.37 Å². The normalized spacial score (nSPS) is 14.6. The highest BCUT2D eigenvalue weighted by Crippen LogP contribution is 2.27. The Bertz CT molecular complexity index is 618. The highest BCUT2D eigenvalue weighted by atomic mass is 32.1. The van der Waals surface area contributed by atoms with E-state index < -0.39 is 0 Å². The average Bonchev–Trinajstić information content (AvgIpc) is 3.16. The van der Waals surface area contributed by atoms with Crippen molar-refractivity contribution in [2.24, 2.45) is 0 Å². The van der Waals surface area contributed by atoms with Crippen LogP contribution >= 0.6 is 11.7 Å². The lowest BCUT2D eigenvalue weighted by Crippen LogP contribution is -2.25. The van der Waals surface area contributed by atoms with Gasteiger partial charge in [-0.25, -0.2) is 0 Å². The van der Waals surface area contributed by atoms with Crippen LogP contribution in [0.2, 0.25) is 0 Å². The lowest BCUT2D eigenvalue weighted by Gasteiger charge is -2.22. The van der Waals surface area contributed by atoms with Crippen molar-refractivity contribution in [3.8, 4) is 5.88 Å². The number of rotatable bonds is 15. The largest absolute Gasteiger partial charge is 0.475 e. The van der Waals surface area contributed by atoms with Gasteiger partial charge in [-0.05, 0) is 31.9 Å². The predicted molar refractivity (Wildman–Crippen MR) is 118 cm³/mol. The molecule has 0 bridgehead atoms. The molecule has 0 N–H and O–H groups in total. The third-order valence-electron chi connectivity index (χ3n) is 5.19. The van der Waals surface area contributed by atoms with Crippen LogP contribution in [0.25, 0.3) is 5.57 Å². The van der Waals surface area contributed by atoms with E-state index in [0.717, 1.165) is 51.1 Å². The lowest BCUT2D eigenvalue weighted by atomic mass is 10.1. The van der Waals surface area contributed by atoms with E-state index in [1.807, 2.05) is 0 Å². The van der Waals surface area contributed by atoms with Gasteiger partial charge in [0.25, 0.3) is 5.88 Å². The smallest absolute Gasteiger partial charge is 0.302 e. The van der Waals surface area contributed by atoms with Crippen LogP contribution in [0.3, 0.4) is 0 Å². The average molecular weight is 424 g/mol. The standard InChI is InChI=1S/C22H37N3O3S/c1-19(26)27-16-11-9-7-5-3-4-6-8-10-12-17-28-22-21(23-29-24-22)20-14-13-15-25(2)18-20/h14H,3-13,15-18H2,1-2H3. The monoisotopic (exact) mass is 423 g/mol. The van der Waals surface area contributed by atoms with Crippen LogP contribution in [0.15, 0.2) is 6.08 Å². The number of esters is 1. The van der Waals surface area contributed by atoms with Gasteiger partial charge in [0.15, 0.2) is 0 Å². The van der Waals surface area contributed by atoms with Crippen LogP contribution in [0.1, 0.15) is 83.2 Å². The zero-order valence-corrected chi connectivity index (χ0v) is 19.0. The molecule has 0 spiro atoms. The zero-order valence-electron chi connectivity index (χ0n) is 18.2. The molecule has 7 heteroatoms. The second kappa shape index (κ2) is 14.5. The van der Waals surface area contributed by atoms with Crippen LogP contribution < -0.4 is 4.74 Å². The van der Waals surface area contributed by atoms with Gasteiger partial charge in [-0.3, -0.25) is 4.79 Å². The Kier molecular flexibility index (Phi) is 11.9. The van der Waals surface area contributed by atoms with Gasteiger partial charge in [0, 0.05) is 20.0 Å². The van der Waals surface area contributed by atoms with Gasteiger partial charge in [0.05, 0.1) is 24.9 Å². The Morgan fingerprint density at radius 1 is 1.00 bits per heavy atom. The first-order valence-electron chi connectivity index (χ1n) is 11.1. The van der Waals surface area contributed by atoms with E-state index in [2.05, 4.69) is 26.8 Å². The summed E-state index contributed by atoms with van der Waals surface area (Å²) in [6.45, 7) is 4.80. The van der Waals surface area contributed by atoms with Crippen LogP contribution in [0, 0.1) is 0 Å². The van der Waals surface area contributed by atoms with E-state index in [9.17, 15) is 4.79 Å². The molecule has 1 aromatic heterocycles. The fourth-order valence-electron chi connectivity index (χ4n) is 3.54. The molecule has 164 valence electrons. The number of hydrogen-bond acceptors (Lipinski definition) is 7. The Labute approximate surface area is 180 Å². The summed E-state index contributed by atoms with van der Waals surface area (Å²) in [6, 6.07) is 0. The summed E-state index contributed by atoms with van der Waals surface area (Å²) in [7, 11) is 2.14. The second-order valence-electron chi connectivity index (χ2n) is 7.90. The molecule has 1 aliphatic rings. The number of carbonyl (C=O) groups excluding carboxylic acids is 1. The van der Waals surface area contributed by atoms with Crippen molar-refractivity contribution in [3.05, 3.63) is 11.8 Å². The van der Waals surface area contributed by atoms with E-state index in [-0.39, 0.29) is 5.97 Å². The van der Waals surface area contributed by atoms with Crippen molar-refractivity contribution < 1.29 is 14.3 Å². The van der Waals surface area contributed by atoms with Gasteiger partial charge in [-0.2, -0.15) is 4.37 Å². The van der Waals surface area contributed by atoms with Crippen molar-refractivity contribution in [2.75, 3.05) is 33.4 Å². The number of nitrogens with zero attached hydrogens (tertiary/aromatic N) is 3. The third-order valence-corrected chi connectivity index (χ3v) is 5.70. The Hall–Kier alpha value is -1.47. The van der Waals surface area contributed by atoms with E-state index >= 15 is 0 Å². The zero-order chi connectivity index (χ0) is 20.7. The molecule has 0 saturated heterocycles. The van der Waals surface area contributed by atoms with Gasteiger partial charge in [0.1, 0.15) is 5.69 Å². The number of aromatic nitrogens is 2. The molecule has 6 nitrogen and oxygen atoms in total. The highest BCUT2D eigenvalue weighted by Gasteiger charge is 2.18. The van der Waals surface area contributed by atoms with E-state index in [4.69, 9.17) is 9.47 Å². The SMILES string of the molecule is CC(=O)OCCCCCCCCCCCCOc1nsnc1C1=CCCN(C)C1. The maximum Gasteiger partial charge on any atom is 0.302 e. The summed E-state index contributed by atoms with van der Waals surface area (Å²) in [5.74, 6) is 0.541. The molecule has 0 atom stereocenters. The molecule has 2 heterocycles. The molecule has 0 fully saturated rings. The molecule has 0 radical (unpaired) electrons. The van der Waals surface area contributed by atoms with Gasteiger partial charge >= 0.3 is 5.97 Å². The lowest BCUT2D eigenvalue weighted by molar-refractivity contribution is -0.141. The molecule has 0 aromatic carbocycles. The fraction of sp³-hybridized carbons (Fsp3) is 0.773. The first kappa shape index (κ1) is 23.8. The molecule has 0 unspecified atom stereocenters. The quantitative estimate of drug-likeness (QED) is 0.289. The first-order chi connectivity index (χ1) is 14.2. The Balaban J connectivity index is 1.43. The van der Waals surface area contributed by atoms with Crippen LogP contribution in [-0.4, -0.2) is 53.0 Å². The summed E-state index contributed by atoms with van der Waals surface area (Å²) in [5.41, 5.74) is 2.18. The minimum atomic E-state index is -0.173. The Morgan fingerprint density at radius 2 is 1.62 bits per heavy atom. The van der Waals surface area contributed by atoms with Crippen molar-refractivity contribution >= 4 is 23.3 Å². The molecular weight excluding hydrogens is 386 g/mol. The minimum absolute atomic E-state index is 0.173. The summed E-state index contributed by atoms with van der Waals surface area (Å²) in [6.07, 6.45) is 15.5. The number of hydrogen-bond donors (Lipinski definition) is 0. The molecule has 2 rings (SSSR count). The van der Waals surface area contributed by atoms with Gasteiger partial charge < -0.3 is 14.4 Å². The van der Waals surface area contributed by atoms with Crippen molar-refractivity contribution in [1.29, 1.82) is 0 Å². The van der Waals surface area contributed by atoms with Crippen LogP contribution in [0.4, 0.5) is 0 Å². The van der Waals surface area contributed by atoms with E-state index in [0.29, 0.717) is 12.5 Å². The summed E-state index contributed by atoms with van der Waals surface area (Å²) in [5, 5.41) is 0. The van der Waals surface area contributed by atoms with Crippen LogP contribution in [-0.2, 0) is 9.53 Å². The maximum atomic E-state index is 10.7. The summed E-state index contributed by atoms with van der Waals surface area (Å²) in [4.78, 5) is 13.0. The number of likely N-dealkylation sites (N-methyl/N-ethyl adjacent to an activating group) is 1. The molecular formula is C22H37N3O3S. The summed E-state index contributed by atoms with van der Waals surface area (Å²) >= 11 is 1.24. The van der Waals surface area contributed by atoms with Crippen molar-refractivity contribution in [1.82, 2.24) is 13.6 Å². The molecule has 29 heavy (non-hydrogen) atoms. The molecule has 0 aliphatic carbocycles. The van der Waals surface area contributed by atoms with E-state index in [1.54, 1.807) is 0 Å². The molecule has 0 amide bonds. The van der Waals surface area contributed by atoms with Crippen molar-refractivity contribution in [3.63, 3.8) is 0 Å². The second-order valence-corrected chi connectivity index (χ2v) is 8.43. The topological polar surface area (TPSA) is 64.5 Å². The first-order valence-corrected chi connectivity index (χ1v) is 11.9. The third kappa shape index (κ3) is 10.2. The number of carbonyl (C=O) groups is 1. The number of ether oxygens (including phenoxy) is 2. The highest BCUT2D eigenvalue weighted by molar-refractivity contribution is 6.99. The molecule has 0 saturated carbocycles. The fourth-order valence-corrected chi connectivity index (χ4v) is 4.07. The number of unbranched alkanes of at least 4 members (excludes halogenated alkanes) is 9. The van der Waals surface area contributed by atoms with Gasteiger partial charge in [-0.1, -0.05) is 57.4 Å². The van der Waals surface area contributed by atoms with Crippen molar-refractivity contribution in [2.45, 2.75) is 77.6 Å². The van der Waals surface area contributed by atoms with Gasteiger partial charge in [0.2, 0.25) is 0 Å². The van der Waals surface area contributed by atoms with Crippen LogP contribution in [0.5, 0.6) is 5.88 Å².